The van der Waals surface area contributed by atoms with Crippen LogP contribution in [0.4, 0.5) is 5.13 Å². The van der Waals surface area contributed by atoms with Gasteiger partial charge in [0.2, 0.25) is 22.8 Å². The van der Waals surface area contributed by atoms with Crippen molar-refractivity contribution in [2.45, 2.75) is 44.8 Å². The van der Waals surface area contributed by atoms with Crippen molar-refractivity contribution >= 4 is 61.8 Å². The predicted molar refractivity (Wildman–Crippen MR) is 147 cm³/mol. The predicted octanol–water partition coefficient (Wildman–Crippen LogP) is -1.22. The van der Waals surface area contributed by atoms with Crippen LogP contribution in [0, 0.1) is 5.92 Å². The molecule has 3 heterocycles. The van der Waals surface area contributed by atoms with Gasteiger partial charge in [0, 0.05) is 37.3 Å². The molecule has 1 fully saturated rings. The second-order valence-corrected chi connectivity index (χ2v) is 12.0. The Morgan fingerprint density at radius 2 is 1.89 bits per heavy atom. The number of nitrogens with zero attached hydrogens (tertiary/aromatic N) is 4. The number of hydrogen-bond acceptors (Lipinski definition) is 15. The first kappa shape index (κ1) is 33.6. The Morgan fingerprint density at radius 3 is 2.45 bits per heavy atom. The number of nitrogen functional groups attached to an aromatic ring is 1. The third-order valence-electron chi connectivity index (χ3n) is 6.25. The molecule has 0 aliphatic carbocycles. The van der Waals surface area contributed by atoms with Gasteiger partial charge in [0.25, 0.3) is 0 Å². The molecule has 0 saturated carbocycles. The molecule has 2 atom stereocenters. The lowest BCUT2D eigenvalue weighted by atomic mass is 9.84. The van der Waals surface area contributed by atoms with Crippen molar-refractivity contribution in [2.75, 3.05) is 12.3 Å². The standard InChI is InChI=1S/C23H26N6O13S2/c1-23(2,21(36)37)42-27-19(11-9-43-22(24)26-11)16(32)5-10-13(29(20(10)35)44(39,40)41)7-25-18(34)4-3-14(30)12-6-15(31)17(33)8-28(12)38/h6,8-10,13,33,38H,3-5,7H2,1-2H3,(H2,24,26)(H,25,34)(H,36,37)(H,39,40,41)/b27-19-/t10-,13+/m0/s1. The van der Waals surface area contributed by atoms with Gasteiger partial charge in [0.15, 0.2) is 28.2 Å². The number of aliphatic carboxylic acids is 1. The number of carboxylic acid groups (broad SMARTS) is 1. The summed E-state index contributed by atoms with van der Waals surface area (Å²) >= 11 is 0.913. The van der Waals surface area contributed by atoms with Gasteiger partial charge < -0.3 is 31.3 Å². The molecule has 21 heteroatoms. The summed E-state index contributed by atoms with van der Waals surface area (Å²) in [6.45, 7) is 1.70. The minimum Gasteiger partial charge on any atom is -0.503 e. The van der Waals surface area contributed by atoms with Gasteiger partial charge in [0.1, 0.15) is 11.4 Å². The van der Waals surface area contributed by atoms with Crippen LogP contribution in [-0.4, -0.2) is 95.7 Å². The van der Waals surface area contributed by atoms with Crippen molar-refractivity contribution in [3.05, 3.63) is 39.3 Å². The van der Waals surface area contributed by atoms with Gasteiger partial charge >= 0.3 is 16.3 Å². The number of amides is 2. The summed E-state index contributed by atoms with van der Waals surface area (Å²) in [6, 6.07) is -0.800. The van der Waals surface area contributed by atoms with Gasteiger partial charge in [0.05, 0.1) is 18.2 Å². The number of oxime groups is 1. The second kappa shape index (κ2) is 12.8. The number of rotatable bonds is 14. The zero-order valence-electron chi connectivity index (χ0n) is 22.9. The van der Waals surface area contributed by atoms with E-state index in [1.807, 2.05) is 0 Å². The SMILES string of the molecule is CC(C)(O/N=C(\C(=O)C[C@@H]1C(=O)N(S(=O)(=O)O)[C@@H]1CNC(=O)CCC(=O)c1cc(=O)c(O)cn1O)c1csc(N)n1)C(=O)O. The molecule has 44 heavy (non-hydrogen) atoms. The monoisotopic (exact) mass is 658 g/mol. The highest BCUT2D eigenvalue weighted by Crippen LogP contribution is 2.32. The highest BCUT2D eigenvalue weighted by Gasteiger charge is 2.54. The third-order valence-corrected chi connectivity index (χ3v) is 7.87. The Kier molecular flexibility index (Phi) is 9.75. The van der Waals surface area contributed by atoms with Crippen LogP contribution < -0.4 is 16.5 Å². The minimum atomic E-state index is -5.12. The number of aromatic hydroxyl groups is 1. The maximum atomic E-state index is 13.2. The van der Waals surface area contributed by atoms with Crippen LogP contribution in [0.5, 0.6) is 5.75 Å². The summed E-state index contributed by atoms with van der Waals surface area (Å²) in [6.07, 6.45) is -1.20. The number of carbonyl (C=O) groups is 5. The normalized spacial score (nSPS) is 17.1. The van der Waals surface area contributed by atoms with E-state index in [9.17, 15) is 57.2 Å². The molecule has 2 aromatic rings. The molecule has 0 unspecified atom stereocenters. The van der Waals surface area contributed by atoms with Crippen molar-refractivity contribution in [1.82, 2.24) is 19.3 Å². The molecule has 238 valence electrons. The van der Waals surface area contributed by atoms with E-state index in [1.54, 1.807) is 0 Å². The fourth-order valence-electron chi connectivity index (χ4n) is 3.82. The van der Waals surface area contributed by atoms with Crippen molar-refractivity contribution in [3.8, 4) is 5.75 Å². The average molecular weight is 659 g/mol. The fraction of sp³-hybridized carbons (Fsp3) is 0.391. The van der Waals surface area contributed by atoms with Gasteiger partial charge in [-0.2, -0.15) is 13.1 Å². The zero-order chi connectivity index (χ0) is 33.1. The molecule has 2 aromatic heterocycles. The number of hydrogen-bond donors (Lipinski definition) is 6. The van der Waals surface area contributed by atoms with Gasteiger partial charge in [-0.3, -0.25) is 28.5 Å². The molecule has 3 rings (SSSR count). The average Bonchev–Trinajstić information content (AvgIpc) is 3.34. The molecule has 0 spiro atoms. The van der Waals surface area contributed by atoms with Crippen molar-refractivity contribution in [3.63, 3.8) is 0 Å². The van der Waals surface area contributed by atoms with Crippen LogP contribution in [0.25, 0.3) is 0 Å². The zero-order valence-corrected chi connectivity index (χ0v) is 24.5. The molecule has 0 radical (unpaired) electrons. The number of anilines is 1. The number of ketones is 2. The van der Waals surface area contributed by atoms with Crippen LogP contribution in [0.15, 0.2) is 27.6 Å². The van der Waals surface area contributed by atoms with E-state index in [2.05, 4.69) is 15.5 Å². The number of nitrogens with one attached hydrogen (secondary N) is 1. The van der Waals surface area contributed by atoms with E-state index in [0.29, 0.717) is 12.3 Å². The maximum Gasteiger partial charge on any atom is 0.362 e. The third kappa shape index (κ3) is 7.54. The number of carboxylic acids is 1. The second-order valence-electron chi connectivity index (χ2n) is 9.81. The Hall–Kier alpha value is -4.89. The van der Waals surface area contributed by atoms with Gasteiger partial charge in [-0.05, 0) is 13.8 Å². The van der Waals surface area contributed by atoms with Crippen LogP contribution in [-0.2, 0) is 34.3 Å². The molecular formula is C23H26N6O13S2. The van der Waals surface area contributed by atoms with E-state index in [4.69, 9.17) is 10.6 Å². The lowest BCUT2D eigenvalue weighted by molar-refractivity contribution is -0.161. The van der Waals surface area contributed by atoms with Crippen molar-refractivity contribution in [2.24, 2.45) is 11.1 Å². The number of aromatic nitrogens is 2. The highest BCUT2D eigenvalue weighted by molar-refractivity contribution is 7.84. The van der Waals surface area contributed by atoms with Crippen LogP contribution in [0.1, 0.15) is 49.3 Å². The number of β-lactam (4-membered cyclic amide) rings is 1. The quantitative estimate of drug-likeness (QED) is 0.0346. The van der Waals surface area contributed by atoms with Gasteiger partial charge in [-0.1, -0.05) is 5.16 Å². The molecule has 1 saturated heterocycles. The Labute approximate surface area is 251 Å². The number of thiazole rings is 1. The molecule has 1 aliphatic rings. The van der Waals surface area contributed by atoms with E-state index in [0.717, 1.165) is 25.2 Å². The molecule has 0 aromatic carbocycles. The maximum absolute atomic E-state index is 13.2. The summed E-state index contributed by atoms with van der Waals surface area (Å²) in [5.74, 6) is -7.48. The summed E-state index contributed by atoms with van der Waals surface area (Å²) in [5, 5.41) is 35.5. The van der Waals surface area contributed by atoms with E-state index < -0.39 is 106 Å². The van der Waals surface area contributed by atoms with Crippen LogP contribution in [0.2, 0.25) is 0 Å². The summed E-state index contributed by atoms with van der Waals surface area (Å²) in [7, 11) is -5.12. The summed E-state index contributed by atoms with van der Waals surface area (Å²) in [5.41, 5.74) is 1.62. The Balaban J connectivity index is 1.73. The Morgan fingerprint density at radius 1 is 1.23 bits per heavy atom. The van der Waals surface area contributed by atoms with E-state index >= 15 is 0 Å². The summed E-state index contributed by atoms with van der Waals surface area (Å²) < 4.78 is 33.4. The minimum absolute atomic E-state index is 0.0158. The Bertz CT molecular complexity index is 1710. The highest BCUT2D eigenvalue weighted by atomic mass is 32.2. The van der Waals surface area contributed by atoms with Crippen LogP contribution >= 0.6 is 11.3 Å². The molecular weight excluding hydrogens is 632 g/mol. The fourth-order valence-corrected chi connectivity index (χ4v) is 5.30. The first-order chi connectivity index (χ1) is 20.3. The topological polar surface area (TPSA) is 298 Å². The molecule has 7 N–H and O–H groups in total. The van der Waals surface area contributed by atoms with E-state index in [1.165, 1.54) is 5.38 Å². The number of nitrogens with two attached hydrogens (primary N) is 1. The number of carbonyl (C=O) groups excluding carboxylic acids is 4. The number of Topliss-reactive ketones (excluding diaryl/α,β-unsaturated/α-hetero) is 2. The molecule has 1 aliphatic heterocycles. The lowest BCUT2D eigenvalue weighted by Crippen LogP contribution is -2.66. The molecule has 2 amide bonds. The number of pyridine rings is 1. The smallest absolute Gasteiger partial charge is 0.362 e. The van der Waals surface area contributed by atoms with E-state index in [-0.39, 0.29) is 19.9 Å². The van der Waals surface area contributed by atoms with Gasteiger partial charge in [-0.25, -0.2) is 14.1 Å². The molecule has 19 nitrogen and oxygen atoms in total. The lowest BCUT2D eigenvalue weighted by Gasteiger charge is -2.44. The van der Waals surface area contributed by atoms with Crippen molar-refractivity contribution < 1.29 is 57.2 Å². The van der Waals surface area contributed by atoms with Crippen molar-refractivity contribution in [1.29, 1.82) is 0 Å². The first-order valence-electron chi connectivity index (χ1n) is 12.3. The first-order valence-corrected chi connectivity index (χ1v) is 14.6. The summed E-state index contributed by atoms with van der Waals surface area (Å²) in [4.78, 5) is 82.4. The van der Waals surface area contributed by atoms with Gasteiger partial charge in [-0.15, -0.1) is 11.3 Å². The molecule has 0 bridgehead atoms. The largest absolute Gasteiger partial charge is 0.503 e. The van der Waals surface area contributed by atoms with Crippen LogP contribution in [0.3, 0.4) is 0 Å².